The minimum Gasteiger partial charge on any atom is -0.490 e. The summed E-state index contributed by atoms with van der Waals surface area (Å²) in [4.78, 5) is 11.8. The lowest BCUT2D eigenvalue weighted by molar-refractivity contribution is 0.252. The molecule has 116 valence electrons. The van der Waals surface area contributed by atoms with Crippen LogP contribution in [0.15, 0.2) is 29.4 Å². The first-order valence-corrected chi connectivity index (χ1v) is 8.02. The zero-order valence-corrected chi connectivity index (χ0v) is 12.9. The molecule has 1 atom stereocenters. The molecule has 1 aromatic heterocycles. The van der Waals surface area contributed by atoms with Gasteiger partial charge in [0.1, 0.15) is 16.9 Å². The van der Waals surface area contributed by atoms with E-state index < -0.39 is 0 Å². The number of hydrogen-bond donors (Lipinski definition) is 3. The number of fused-ring (bicyclic) bond motifs is 1. The van der Waals surface area contributed by atoms with Gasteiger partial charge in [-0.15, -0.1) is 16.9 Å². The second-order valence-electron chi connectivity index (χ2n) is 4.99. The Hall–Kier alpha value is -2.22. The Kier molecular flexibility index (Phi) is 4.47. The maximum atomic E-state index is 11.8. The molecule has 0 bridgehead atoms. The lowest BCUT2D eigenvalue weighted by atomic mass is 10.1. The SMILES string of the molecule is C[C@@H]1Cc2cc(NC(=O)NCCSc3cn[nH]n3)ccc2O1. The van der Waals surface area contributed by atoms with Gasteiger partial charge in [-0.05, 0) is 30.7 Å². The summed E-state index contributed by atoms with van der Waals surface area (Å²) in [5.41, 5.74) is 1.91. The number of amides is 2. The van der Waals surface area contributed by atoms with E-state index in [1.807, 2.05) is 25.1 Å². The lowest BCUT2D eigenvalue weighted by Crippen LogP contribution is -2.30. The zero-order chi connectivity index (χ0) is 15.4. The largest absolute Gasteiger partial charge is 0.490 e. The van der Waals surface area contributed by atoms with E-state index in [9.17, 15) is 4.79 Å². The number of aromatic nitrogens is 3. The zero-order valence-electron chi connectivity index (χ0n) is 12.1. The first-order chi connectivity index (χ1) is 10.7. The number of hydrogen-bond acceptors (Lipinski definition) is 5. The smallest absolute Gasteiger partial charge is 0.319 e. The maximum Gasteiger partial charge on any atom is 0.319 e. The van der Waals surface area contributed by atoms with Crippen LogP contribution in [0, 0.1) is 0 Å². The average molecular weight is 319 g/mol. The third-order valence-electron chi connectivity index (χ3n) is 3.18. The molecule has 1 aromatic carbocycles. The number of nitrogens with one attached hydrogen (secondary N) is 3. The summed E-state index contributed by atoms with van der Waals surface area (Å²) < 4.78 is 5.64. The second-order valence-corrected chi connectivity index (χ2v) is 6.11. The van der Waals surface area contributed by atoms with Gasteiger partial charge < -0.3 is 15.4 Å². The number of thioether (sulfide) groups is 1. The molecule has 8 heteroatoms. The van der Waals surface area contributed by atoms with Crippen molar-refractivity contribution >= 4 is 23.5 Å². The van der Waals surface area contributed by atoms with Crippen molar-refractivity contribution in [3.05, 3.63) is 30.0 Å². The van der Waals surface area contributed by atoms with Crippen molar-refractivity contribution < 1.29 is 9.53 Å². The molecule has 2 aromatic rings. The summed E-state index contributed by atoms with van der Waals surface area (Å²) in [6, 6.07) is 5.49. The first kappa shape index (κ1) is 14.7. The quantitative estimate of drug-likeness (QED) is 0.579. The van der Waals surface area contributed by atoms with Crippen molar-refractivity contribution in [2.24, 2.45) is 0 Å². The van der Waals surface area contributed by atoms with Gasteiger partial charge in [-0.2, -0.15) is 10.3 Å². The summed E-state index contributed by atoms with van der Waals surface area (Å²) in [7, 11) is 0. The van der Waals surface area contributed by atoms with Gasteiger partial charge in [-0.1, -0.05) is 0 Å². The van der Waals surface area contributed by atoms with Crippen LogP contribution < -0.4 is 15.4 Å². The molecule has 22 heavy (non-hydrogen) atoms. The van der Waals surface area contributed by atoms with Gasteiger partial charge in [0.25, 0.3) is 0 Å². The predicted octanol–water partition coefficient (Wildman–Crippen LogP) is 2.04. The standard InChI is InChI=1S/C14H17N5O2S/c1-9-6-10-7-11(2-3-12(10)21-9)17-14(20)15-4-5-22-13-8-16-19-18-13/h2-3,7-9H,4-6H2,1H3,(H2,15,17,20)(H,16,18,19)/t9-/m1/s1. The number of urea groups is 1. The molecule has 1 aliphatic rings. The van der Waals surface area contributed by atoms with Gasteiger partial charge in [-0.3, -0.25) is 0 Å². The Balaban J connectivity index is 1.43. The Morgan fingerprint density at radius 3 is 3.27 bits per heavy atom. The molecule has 3 rings (SSSR count). The molecule has 0 unspecified atom stereocenters. The summed E-state index contributed by atoms with van der Waals surface area (Å²) in [6.45, 7) is 2.58. The third kappa shape index (κ3) is 3.70. The van der Waals surface area contributed by atoms with Gasteiger partial charge in [0.05, 0.1) is 6.20 Å². The number of aromatic amines is 1. The second kappa shape index (κ2) is 6.69. The molecular weight excluding hydrogens is 302 g/mol. The minimum atomic E-state index is -0.215. The van der Waals surface area contributed by atoms with Crippen LogP contribution in [0.25, 0.3) is 0 Å². The van der Waals surface area contributed by atoms with Crippen LogP contribution in [0.2, 0.25) is 0 Å². The highest BCUT2D eigenvalue weighted by Gasteiger charge is 2.19. The molecule has 0 fully saturated rings. The van der Waals surface area contributed by atoms with E-state index in [1.54, 1.807) is 6.20 Å². The number of anilines is 1. The monoisotopic (exact) mass is 319 g/mol. The maximum absolute atomic E-state index is 11.8. The third-order valence-corrected chi connectivity index (χ3v) is 4.09. The van der Waals surface area contributed by atoms with Crippen molar-refractivity contribution in [1.82, 2.24) is 20.7 Å². The van der Waals surface area contributed by atoms with Gasteiger partial charge in [0.15, 0.2) is 0 Å². The van der Waals surface area contributed by atoms with Crippen molar-refractivity contribution in [1.29, 1.82) is 0 Å². The van der Waals surface area contributed by atoms with Gasteiger partial charge in [0, 0.05) is 24.4 Å². The molecule has 0 saturated heterocycles. The van der Waals surface area contributed by atoms with E-state index in [-0.39, 0.29) is 12.1 Å². The molecule has 1 aliphatic heterocycles. The highest BCUT2D eigenvalue weighted by molar-refractivity contribution is 7.99. The normalized spacial score (nSPS) is 16.0. The van der Waals surface area contributed by atoms with E-state index in [4.69, 9.17) is 4.74 Å². The minimum absolute atomic E-state index is 0.202. The molecule has 2 amide bonds. The fourth-order valence-corrected chi connectivity index (χ4v) is 2.90. The molecule has 3 N–H and O–H groups in total. The molecule has 7 nitrogen and oxygen atoms in total. The Labute approximate surface area is 132 Å². The fraction of sp³-hybridized carbons (Fsp3) is 0.357. The van der Waals surface area contributed by atoms with Crippen LogP contribution in [0.4, 0.5) is 10.5 Å². The molecular formula is C14H17N5O2S. The van der Waals surface area contributed by atoms with Crippen molar-refractivity contribution in [3.8, 4) is 5.75 Å². The Morgan fingerprint density at radius 1 is 1.55 bits per heavy atom. The summed E-state index contributed by atoms with van der Waals surface area (Å²) in [5, 5.41) is 16.6. The number of H-pyrrole nitrogens is 1. The fourth-order valence-electron chi connectivity index (χ4n) is 2.26. The van der Waals surface area contributed by atoms with Crippen molar-refractivity contribution in [2.75, 3.05) is 17.6 Å². The predicted molar refractivity (Wildman–Crippen MR) is 84.4 cm³/mol. The summed E-state index contributed by atoms with van der Waals surface area (Å²) in [5.74, 6) is 1.64. The molecule has 0 aliphatic carbocycles. The number of benzene rings is 1. The molecule has 0 saturated carbocycles. The number of carbonyl (C=O) groups is 1. The number of ether oxygens (including phenoxy) is 1. The topological polar surface area (TPSA) is 91.9 Å². The summed E-state index contributed by atoms with van der Waals surface area (Å²) >= 11 is 1.53. The average Bonchev–Trinajstić information content (AvgIpc) is 3.11. The first-order valence-electron chi connectivity index (χ1n) is 7.04. The van der Waals surface area contributed by atoms with Crippen LogP contribution in [0.1, 0.15) is 12.5 Å². The highest BCUT2D eigenvalue weighted by Crippen LogP contribution is 2.30. The van der Waals surface area contributed by atoms with Crippen LogP contribution in [0.5, 0.6) is 5.75 Å². The van der Waals surface area contributed by atoms with Crippen LogP contribution in [-0.2, 0) is 6.42 Å². The van der Waals surface area contributed by atoms with Gasteiger partial charge >= 0.3 is 6.03 Å². The lowest BCUT2D eigenvalue weighted by Gasteiger charge is -2.08. The van der Waals surface area contributed by atoms with Crippen LogP contribution in [-0.4, -0.2) is 39.8 Å². The van der Waals surface area contributed by atoms with E-state index in [1.165, 1.54) is 11.8 Å². The van der Waals surface area contributed by atoms with E-state index >= 15 is 0 Å². The Morgan fingerprint density at radius 2 is 2.45 bits per heavy atom. The van der Waals surface area contributed by atoms with Crippen molar-refractivity contribution in [2.45, 2.75) is 24.5 Å². The van der Waals surface area contributed by atoms with Gasteiger partial charge in [-0.25, -0.2) is 4.79 Å². The van der Waals surface area contributed by atoms with E-state index in [0.29, 0.717) is 6.54 Å². The molecule has 0 radical (unpaired) electrons. The highest BCUT2D eigenvalue weighted by atomic mass is 32.2. The van der Waals surface area contributed by atoms with Gasteiger partial charge in [0.2, 0.25) is 0 Å². The van der Waals surface area contributed by atoms with Crippen LogP contribution in [0.3, 0.4) is 0 Å². The molecule has 2 heterocycles. The van der Waals surface area contributed by atoms with E-state index in [2.05, 4.69) is 26.0 Å². The Bertz CT molecular complexity index is 647. The molecule has 0 spiro atoms. The number of rotatable bonds is 5. The van der Waals surface area contributed by atoms with Crippen LogP contribution >= 0.6 is 11.8 Å². The number of carbonyl (C=O) groups excluding carboxylic acids is 1. The van der Waals surface area contributed by atoms with E-state index in [0.717, 1.165) is 34.2 Å². The number of nitrogens with zero attached hydrogens (tertiary/aromatic N) is 2. The van der Waals surface area contributed by atoms with Crippen molar-refractivity contribution in [3.63, 3.8) is 0 Å². The summed E-state index contributed by atoms with van der Waals surface area (Å²) in [6.07, 6.45) is 2.73.